The van der Waals surface area contributed by atoms with E-state index < -0.39 is 17.8 Å². The Bertz CT molecular complexity index is 538. The minimum atomic E-state index is -0.870. The van der Waals surface area contributed by atoms with Crippen molar-refractivity contribution in [3.8, 4) is 0 Å². The highest BCUT2D eigenvalue weighted by molar-refractivity contribution is 5.96. The van der Waals surface area contributed by atoms with E-state index in [0.717, 1.165) is 6.42 Å². The van der Waals surface area contributed by atoms with Crippen LogP contribution in [0.5, 0.6) is 0 Å². The molecule has 0 aliphatic heterocycles. The number of carboxylic acid groups (broad SMARTS) is 1. The average Bonchev–Trinajstić information content (AvgIpc) is 2.99. The van der Waals surface area contributed by atoms with Crippen LogP contribution in [0.25, 0.3) is 0 Å². The first kappa shape index (κ1) is 12.0. The fraction of sp³-hybridized carbons (Fsp3) is 0.333. The molecule has 1 fully saturated rings. The first-order valence-electron chi connectivity index (χ1n) is 6.44. The van der Waals surface area contributed by atoms with Gasteiger partial charge in [0.05, 0.1) is 11.8 Å². The fourth-order valence-electron chi connectivity index (χ4n) is 3.26. The summed E-state index contributed by atoms with van der Waals surface area (Å²) in [5, 5.41) is 12.1. The number of carboxylic acids is 1. The smallest absolute Gasteiger partial charge is 0.307 e. The van der Waals surface area contributed by atoms with Gasteiger partial charge in [0.25, 0.3) is 0 Å². The van der Waals surface area contributed by atoms with Gasteiger partial charge < -0.3 is 10.4 Å². The number of allylic oxidation sites excluding steroid dienone is 2. The summed E-state index contributed by atoms with van der Waals surface area (Å²) >= 11 is 0. The zero-order chi connectivity index (χ0) is 13.4. The molecule has 0 unspecified atom stereocenters. The summed E-state index contributed by atoms with van der Waals surface area (Å²) in [6.07, 6.45) is 4.71. The predicted molar refractivity (Wildman–Crippen MR) is 70.4 cm³/mol. The van der Waals surface area contributed by atoms with Crippen molar-refractivity contribution in [2.75, 3.05) is 5.32 Å². The lowest BCUT2D eigenvalue weighted by molar-refractivity contribution is -0.146. The van der Waals surface area contributed by atoms with Crippen LogP contribution in [0, 0.1) is 23.7 Å². The van der Waals surface area contributed by atoms with Crippen molar-refractivity contribution in [2.24, 2.45) is 23.7 Å². The maximum absolute atomic E-state index is 12.3. The van der Waals surface area contributed by atoms with Gasteiger partial charge in [-0.2, -0.15) is 0 Å². The number of para-hydroxylation sites is 1. The molecule has 4 heteroatoms. The van der Waals surface area contributed by atoms with Crippen LogP contribution in [0.3, 0.4) is 0 Å². The Labute approximate surface area is 111 Å². The molecule has 4 nitrogen and oxygen atoms in total. The van der Waals surface area contributed by atoms with Gasteiger partial charge >= 0.3 is 5.97 Å². The van der Waals surface area contributed by atoms with Crippen LogP contribution in [-0.4, -0.2) is 17.0 Å². The molecule has 0 radical (unpaired) electrons. The molecule has 2 aliphatic carbocycles. The van der Waals surface area contributed by atoms with Crippen LogP contribution in [0.15, 0.2) is 42.5 Å². The first-order chi connectivity index (χ1) is 9.16. The number of carbonyl (C=O) groups is 2. The van der Waals surface area contributed by atoms with Crippen LogP contribution in [0.1, 0.15) is 6.42 Å². The first-order valence-corrected chi connectivity index (χ1v) is 6.44. The molecule has 98 valence electrons. The zero-order valence-corrected chi connectivity index (χ0v) is 10.3. The Balaban J connectivity index is 1.79. The number of hydrogen-bond donors (Lipinski definition) is 2. The second-order valence-electron chi connectivity index (χ2n) is 5.19. The van der Waals surface area contributed by atoms with Crippen LogP contribution in [0.2, 0.25) is 0 Å². The van der Waals surface area contributed by atoms with Crippen molar-refractivity contribution < 1.29 is 14.7 Å². The van der Waals surface area contributed by atoms with Gasteiger partial charge in [0, 0.05) is 5.69 Å². The molecule has 19 heavy (non-hydrogen) atoms. The van der Waals surface area contributed by atoms with Gasteiger partial charge in [0.1, 0.15) is 0 Å². The second kappa shape index (κ2) is 4.53. The second-order valence-corrected chi connectivity index (χ2v) is 5.19. The SMILES string of the molecule is O=C(Nc1ccccc1)[C@H]1[C@H](C(=O)O)[C@H]2C=C[C@@H]1C2. The van der Waals surface area contributed by atoms with Crippen molar-refractivity contribution in [3.05, 3.63) is 42.5 Å². The molecule has 1 aromatic carbocycles. The van der Waals surface area contributed by atoms with E-state index in [-0.39, 0.29) is 17.7 Å². The summed E-state index contributed by atoms with van der Waals surface area (Å²) in [4.78, 5) is 23.7. The third kappa shape index (κ3) is 2.03. The van der Waals surface area contributed by atoms with Gasteiger partial charge in [-0.15, -0.1) is 0 Å². The number of amides is 1. The van der Waals surface area contributed by atoms with Crippen molar-refractivity contribution in [2.45, 2.75) is 6.42 Å². The van der Waals surface area contributed by atoms with Gasteiger partial charge in [-0.3, -0.25) is 9.59 Å². The van der Waals surface area contributed by atoms with Gasteiger partial charge in [-0.05, 0) is 30.4 Å². The van der Waals surface area contributed by atoms with Gasteiger partial charge in [-0.1, -0.05) is 30.4 Å². The predicted octanol–water partition coefficient (Wildman–Crippen LogP) is 2.15. The van der Waals surface area contributed by atoms with E-state index in [1.165, 1.54) is 0 Å². The number of aliphatic carboxylic acids is 1. The molecule has 2 aliphatic rings. The van der Waals surface area contributed by atoms with Crippen LogP contribution < -0.4 is 5.32 Å². The molecule has 2 bridgehead atoms. The van der Waals surface area contributed by atoms with Gasteiger partial charge in [-0.25, -0.2) is 0 Å². The highest BCUT2D eigenvalue weighted by Gasteiger charge is 2.51. The van der Waals surface area contributed by atoms with E-state index in [9.17, 15) is 14.7 Å². The molecule has 0 aromatic heterocycles. The lowest BCUT2D eigenvalue weighted by Gasteiger charge is -2.23. The standard InChI is InChI=1S/C15H15NO3/c17-14(16-11-4-2-1-3-5-11)12-9-6-7-10(8-9)13(12)15(18)19/h1-7,9-10,12-13H,8H2,(H,16,17)(H,18,19)/t9-,10+,12-,13-/m1/s1. The summed E-state index contributed by atoms with van der Waals surface area (Å²) < 4.78 is 0. The molecule has 2 N–H and O–H groups in total. The summed E-state index contributed by atoms with van der Waals surface area (Å²) in [7, 11) is 0. The molecule has 0 heterocycles. The topological polar surface area (TPSA) is 66.4 Å². The number of carbonyl (C=O) groups excluding carboxylic acids is 1. The lowest BCUT2D eigenvalue weighted by atomic mass is 9.82. The van der Waals surface area contributed by atoms with Crippen molar-refractivity contribution in [1.29, 1.82) is 0 Å². The third-order valence-corrected chi connectivity index (χ3v) is 4.09. The highest BCUT2D eigenvalue weighted by atomic mass is 16.4. The number of rotatable bonds is 3. The van der Waals surface area contributed by atoms with E-state index >= 15 is 0 Å². The summed E-state index contributed by atoms with van der Waals surface area (Å²) in [5.74, 6) is -2.02. The highest BCUT2D eigenvalue weighted by Crippen LogP contribution is 2.48. The normalized spacial score (nSPS) is 31.4. The molecule has 0 spiro atoms. The molecule has 1 amide bonds. The average molecular weight is 257 g/mol. The van der Waals surface area contributed by atoms with Gasteiger partial charge in [0.15, 0.2) is 0 Å². The third-order valence-electron chi connectivity index (χ3n) is 4.09. The van der Waals surface area contributed by atoms with Crippen molar-refractivity contribution >= 4 is 17.6 Å². The fourth-order valence-corrected chi connectivity index (χ4v) is 3.26. The largest absolute Gasteiger partial charge is 0.481 e. The maximum atomic E-state index is 12.3. The number of fused-ring (bicyclic) bond motifs is 2. The molecule has 1 saturated carbocycles. The minimum absolute atomic E-state index is 0.00835. The van der Waals surface area contributed by atoms with Gasteiger partial charge in [0.2, 0.25) is 5.91 Å². The summed E-state index contributed by atoms with van der Waals surface area (Å²) in [6, 6.07) is 9.15. The minimum Gasteiger partial charge on any atom is -0.481 e. The van der Waals surface area contributed by atoms with E-state index in [1.807, 2.05) is 30.4 Å². The van der Waals surface area contributed by atoms with E-state index in [2.05, 4.69) is 5.32 Å². The number of benzene rings is 1. The zero-order valence-electron chi connectivity index (χ0n) is 10.3. The molecular weight excluding hydrogens is 242 g/mol. The molecule has 4 atom stereocenters. The quantitative estimate of drug-likeness (QED) is 0.815. The Hall–Kier alpha value is -2.10. The number of nitrogens with one attached hydrogen (secondary N) is 1. The number of anilines is 1. The summed E-state index contributed by atoms with van der Waals surface area (Å²) in [5.41, 5.74) is 0.711. The molecule has 0 saturated heterocycles. The molecule has 3 rings (SSSR count). The summed E-state index contributed by atoms with van der Waals surface area (Å²) in [6.45, 7) is 0. The number of hydrogen-bond acceptors (Lipinski definition) is 2. The maximum Gasteiger partial charge on any atom is 0.307 e. The Morgan fingerprint density at radius 1 is 1.05 bits per heavy atom. The van der Waals surface area contributed by atoms with E-state index in [0.29, 0.717) is 5.69 Å². The Morgan fingerprint density at radius 2 is 1.68 bits per heavy atom. The molecule has 1 aromatic rings. The van der Waals surface area contributed by atoms with Crippen LogP contribution in [0.4, 0.5) is 5.69 Å². The van der Waals surface area contributed by atoms with E-state index in [4.69, 9.17) is 0 Å². The van der Waals surface area contributed by atoms with Crippen molar-refractivity contribution in [1.82, 2.24) is 0 Å². The monoisotopic (exact) mass is 257 g/mol. The Kier molecular flexibility index (Phi) is 2.85. The van der Waals surface area contributed by atoms with E-state index in [1.54, 1.807) is 12.1 Å². The van der Waals surface area contributed by atoms with Crippen molar-refractivity contribution in [3.63, 3.8) is 0 Å². The molecular formula is C15H15NO3. The lowest BCUT2D eigenvalue weighted by Crippen LogP contribution is -2.36. The van der Waals surface area contributed by atoms with Crippen LogP contribution in [-0.2, 0) is 9.59 Å². The Morgan fingerprint density at radius 3 is 2.32 bits per heavy atom. The van der Waals surface area contributed by atoms with Crippen LogP contribution >= 0.6 is 0 Å².